The van der Waals surface area contributed by atoms with Crippen LogP contribution in [0.3, 0.4) is 0 Å². The van der Waals surface area contributed by atoms with Gasteiger partial charge in [-0.25, -0.2) is 0 Å². The van der Waals surface area contributed by atoms with E-state index in [9.17, 15) is 9.59 Å². The lowest BCUT2D eigenvalue weighted by Crippen LogP contribution is -2.51. The van der Waals surface area contributed by atoms with Crippen LogP contribution in [0.15, 0.2) is 0 Å². The minimum atomic E-state index is -0.0950. The molecule has 1 saturated heterocycles. The van der Waals surface area contributed by atoms with Gasteiger partial charge in [-0.2, -0.15) is 0 Å². The summed E-state index contributed by atoms with van der Waals surface area (Å²) in [5, 5.41) is 2.87. The van der Waals surface area contributed by atoms with E-state index in [1.54, 1.807) is 0 Å². The van der Waals surface area contributed by atoms with Gasteiger partial charge >= 0.3 is 0 Å². The van der Waals surface area contributed by atoms with Gasteiger partial charge < -0.3 is 15.0 Å². The minimum absolute atomic E-state index is 0.0560. The smallest absolute Gasteiger partial charge is 0.246 e. The van der Waals surface area contributed by atoms with E-state index in [-0.39, 0.29) is 30.4 Å². The lowest BCUT2D eigenvalue weighted by atomic mass is 10.2. The molecule has 1 N–H and O–H groups in total. The zero-order chi connectivity index (χ0) is 17.0. The van der Waals surface area contributed by atoms with Crippen molar-refractivity contribution in [3.8, 4) is 0 Å². The molecule has 1 aliphatic carbocycles. The van der Waals surface area contributed by atoms with E-state index in [0.717, 1.165) is 32.6 Å². The van der Waals surface area contributed by atoms with Gasteiger partial charge in [-0.3, -0.25) is 14.5 Å². The molecule has 2 unspecified atom stereocenters. The minimum Gasteiger partial charge on any atom is -0.369 e. The summed E-state index contributed by atoms with van der Waals surface area (Å²) in [5.41, 5.74) is 0. The standard InChI is InChI=1S/C17H31N3O3/c1-12(2)19-5-7-20(8-6-19)17(22)15-9-14(15)10-18-16(21)11-23-13(3)4/h12-15H,5-11H2,1-4H3,(H,18,21). The average Bonchev–Trinajstić information content (AvgIpc) is 3.30. The maximum Gasteiger partial charge on any atom is 0.246 e. The largest absolute Gasteiger partial charge is 0.369 e. The highest BCUT2D eigenvalue weighted by Crippen LogP contribution is 2.39. The number of amides is 2. The molecule has 1 heterocycles. The van der Waals surface area contributed by atoms with Crippen LogP contribution >= 0.6 is 0 Å². The number of rotatable bonds is 7. The number of carbonyl (C=O) groups is 2. The summed E-state index contributed by atoms with van der Waals surface area (Å²) in [6, 6.07) is 0.546. The van der Waals surface area contributed by atoms with Crippen LogP contribution in [0.2, 0.25) is 0 Å². The lowest BCUT2D eigenvalue weighted by Gasteiger charge is -2.37. The molecule has 132 valence electrons. The van der Waals surface area contributed by atoms with Gasteiger partial charge in [0.25, 0.3) is 0 Å². The van der Waals surface area contributed by atoms with Gasteiger partial charge in [-0.05, 0) is 40.0 Å². The summed E-state index contributed by atoms with van der Waals surface area (Å²) in [7, 11) is 0. The van der Waals surface area contributed by atoms with Gasteiger partial charge in [0.1, 0.15) is 6.61 Å². The van der Waals surface area contributed by atoms with Crippen molar-refractivity contribution in [3.63, 3.8) is 0 Å². The number of nitrogens with zero attached hydrogens (tertiary/aromatic N) is 2. The zero-order valence-electron chi connectivity index (χ0n) is 14.9. The predicted octanol–water partition coefficient (Wildman–Crippen LogP) is 0.716. The molecule has 1 aliphatic heterocycles. The molecular formula is C17H31N3O3. The molecule has 0 aromatic heterocycles. The maximum absolute atomic E-state index is 12.5. The molecule has 2 atom stereocenters. The molecule has 23 heavy (non-hydrogen) atoms. The van der Waals surface area contributed by atoms with Crippen LogP contribution in [0.4, 0.5) is 0 Å². The summed E-state index contributed by atoms with van der Waals surface area (Å²) in [6.07, 6.45) is 0.953. The Balaban J connectivity index is 1.64. The first-order valence-corrected chi connectivity index (χ1v) is 8.79. The molecule has 2 fully saturated rings. The van der Waals surface area contributed by atoms with Crippen molar-refractivity contribution >= 4 is 11.8 Å². The van der Waals surface area contributed by atoms with Gasteiger partial charge in [0.2, 0.25) is 11.8 Å². The Labute approximate surface area is 139 Å². The van der Waals surface area contributed by atoms with Crippen LogP contribution in [0.1, 0.15) is 34.1 Å². The van der Waals surface area contributed by atoms with Gasteiger partial charge in [0.15, 0.2) is 0 Å². The molecule has 0 radical (unpaired) electrons. The molecule has 6 nitrogen and oxygen atoms in total. The second-order valence-electron chi connectivity index (χ2n) is 7.22. The highest BCUT2D eigenvalue weighted by Gasteiger charge is 2.45. The normalized spacial score (nSPS) is 25.0. The fraction of sp³-hybridized carbons (Fsp3) is 0.882. The first-order valence-electron chi connectivity index (χ1n) is 8.79. The number of piperazine rings is 1. The molecule has 0 aromatic carbocycles. The first-order chi connectivity index (χ1) is 10.9. The van der Waals surface area contributed by atoms with Gasteiger partial charge in [0, 0.05) is 44.7 Å². The van der Waals surface area contributed by atoms with Crippen molar-refractivity contribution in [3.05, 3.63) is 0 Å². The Morgan fingerprint density at radius 1 is 1.13 bits per heavy atom. The summed E-state index contributed by atoms with van der Waals surface area (Å²) in [5.74, 6) is 0.578. The highest BCUT2D eigenvalue weighted by molar-refractivity contribution is 5.82. The van der Waals surface area contributed by atoms with E-state index >= 15 is 0 Å². The summed E-state index contributed by atoms with van der Waals surface area (Å²) in [4.78, 5) is 28.5. The summed E-state index contributed by atoms with van der Waals surface area (Å²) >= 11 is 0. The third kappa shape index (κ3) is 5.46. The molecular weight excluding hydrogens is 294 g/mol. The molecule has 0 bridgehead atoms. The Morgan fingerprint density at radius 2 is 1.78 bits per heavy atom. The van der Waals surface area contributed by atoms with Crippen molar-refractivity contribution in [2.45, 2.75) is 46.3 Å². The molecule has 0 aromatic rings. The summed E-state index contributed by atoms with van der Waals surface area (Å²) in [6.45, 7) is 12.5. The molecule has 2 rings (SSSR count). The average molecular weight is 325 g/mol. The Hall–Kier alpha value is -1.14. The van der Waals surface area contributed by atoms with Crippen LogP contribution in [0.5, 0.6) is 0 Å². The Kier molecular flexibility index (Phi) is 6.41. The second kappa shape index (κ2) is 8.11. The number of carbonyl (C=O) groups excluding carboxylic acids is 2. The van der Waals surface area contributed by atoms with Crippen molar-refractivity contribution in [1.82, 2.24) is 15.1 Å². The maximum atomic E-state index is 12.5. The fourth-order valence-electron chi connectivity index (χ4n) is 3.01. The van der Waals surface area contributed by atoms with Gasteiger partial charge in [0.05, 0.1) is 6.10 Å². The number of hydrogen-bond acceptors (Lipinski definition) is 4. The van der Waals surface area contributed by atoms with E-state index in [4.69, 9.17) is 4.74 Å². The number of ether oxygens (including phenoxy) is 1. The topological polar surface area (TPSA) is 61.9 Å². The quantitative estimate of drug-likeness (QED) is 0.749. The highest BCUT2D eigenvalue weighted by atomic mass is 16.5. The fourth-order valence-corrected chi connectivity index (χ4v) is 3.01. The van der Waals surface area contributed by atoms with E-state index in [0.29, 0.717) is 18.5 Å². The lowest BCUT2D eigenvalue weighted by molar-refractivity contribution is -0.135. The van der Waals surface area contributed by atoms with Crippen molar-refractivity contribution < 1.29 is 14.3 Å². The zero-order valence-corrected chi connectivity index (χ0v) is 14.9. The monoisotopic (exact) mass is 325 g/mol. The van der Waals surface area contributed by atoms with E-state index in [2.05, 4.69) is 24.1 Å². The molecule has 2 amide bonds. The van der Waals surface area contributed by atoms with Crippen LogP contribution in [-0.2, 0) is 14.3 Å². The first kappa shape index (κ1) is 18.2. The van der Waals surface area contributed by atoms with Crippen LogP contribution in [0.25, 0.3) is 0 Å². The van der Waals surface area contributed by atoms with E-state index < -0.39 is 0 Å². The van der Waals surface area contributed by atoms with Crippen molar-refractivity contribution in [2.24, 2.45) is 11.8 Å². The van der Waals surface area contributed by atoms with Gasteiger partial charge in [-0.15, -0.1) is 0 Å². The van der Waals surface area contributed by atoms with E-state index in [1.165, 1.54) is 0 Å². The third-order valence-electron chi connectivity index (χ3n) is 4.71. The van der Waals surface area contributed by atoms with Crippen LogP contribution < -0.4 is 5.32 Å². The van der Waals surface area contributed by atoms with Crippen molar-refractivity contribution in [2.75, 3.05) is 39.3 Å². The number of nitrogens with one attached hydrogen (secondary N) is 1. The summed E-state index contributed by atoms with van der Waals surface area (Å²) < 4.78 is 5.26. The second-order valence-corrected chi connectivity index (χ2v) is 7.22. The predicted molar refractivity (Wildman–Crippen MR) is 89.0 cm³/mol. The molecule has 6 heteroatoms. The third-order valence-corrected chi connectivity index (χ3v) is 4.71. The Morgan fingerprint density at radius 3 is 2.35 bits per heavy atom. The Bertz CT molecular complexity index is 417. The molecule has 1 saturated carbocycles. The van der Waals surface area contributed by atoms with Crippen LogP contribution in [-0.4, -0.2) is 73.1 Å². The molecule has 0 spiro atoms. The van der Waals surface area contributed by atoms with Crippen molar-refractivity contribution in [1.29, 1.82) is 0 Å². The molecule has 2 aliphatic rings. The van der Waals surface area contributed by atoms with Gasteiger partial charge in [-0.1, -0.05) is 0 Å². The van der Waals surface area contributed by atoms with Crippen LogP contribution in [0, 0.1) is 11.8 Å². The number of hydrogen-bond donors (Lipinski definition) is 1. The SMILES string of the molecule is CC(C)OCC(=O)NCC1CC1C(=O)N1CCN(C(C)C)CC1. The van der Waals surface area contributed by atoms with E-state index in [1.807, 2.05) is 18.7 Å².